The molecule has 0 amide bonds. The molecule has 0 bridgehead atoms. The van der Waals surface area contributed by atoms with Gasteiger partial charge in [-0.2, -0.15) is 0 Å². The lowest BCUT2D eigenvalue weighted by Crippen LogP contribution is -2.06. The van der Waals surface area contributed by atoms with E-state index in [1.807, 2.05) is 71.3 Å². The number of carbonyl (C=O) groups excluding carboxylic acids is 1. The minimum Gasteiger partial charge on any atom is -0.295 e. The van der Waals surface area contributed by atoms with Gasteiger partial charge in [0.1, 0.15) is 16.4 Å². The number of carbonyl (C=O) groups is 1. The SMILES string of the molecule is O=C(c1ccc(Br)cc1)c1c(SCc2ccccc2)nc2c3ccccc3ccn12. The van der Waals surface area contributed by atoms with Gasteiger partial charge in [-0.1, -0.05) is 82.3 Å². The van der Waals surface area contributed by atoms with Crippen molar-refractivity contribution < 1.29 is 4.79 Å². The van der Waals surface area contributed by atoms with Gasteiger partial charge >= 0.3 is 0 Å². The van der Waals surface area contributed by atoms with Crippen LogP contribution in [0.1, 0.15) is 21.6 Å². The van der Waals surface area contributed by atoms with E-state index in [9.17, 15) is 4.79 Å². The molecule has 0 atom stereocenters. The molecule has 0 aliphatic rings. The third kappa shape index (κ3) is 3.55. The third-order valence-corrected chi connectivity index (χ3v) is 6.59. The van der Waals surface area contributed by atoms with Gasteiger partial charge in [0.25, 0.3) is 0 Å². The zero-order valence-electron chi connectivity index (χ0n) is 16.0. The van der Waals surface area contributed by atoms with Crippen molar-refractivity contribution >= 4 is 49.9 Å². The summed E-state index contributed by atoms with van der Waals surface area (Å²) in [5.74, 6) is 0.726. The van der Waals surface area contributed by atoms with E-state index in [1.54, 1.807) is 11.8 Å². The molecule has 0 aliphatic carbocycles. The minimum absolute atomic E-state index is 0.0270. The molecule has 0 radical (unpaired) electrons. The summed E-state index contributed by atoms with van der Waals surface area (Å²) >= 11 is 5.04. The number of imidazole rings is 1. The Hall–Kier alpha value is -2.89. The van der Waals surface area contributed by atoms with Crippen molar-refractivity contribution in [2.45, 2.75) is 10.8 Å². The summed E-state index contributed by atoms with van der Waals surface area (Å²) in [5.41, 5.74) is 3.27. The largest absolute Gasteiger partial charge is 0.295 e. The molecule has 146 valence electrons. The fourth-order valence-corrected chi connectivity index (χ4v) is 4.76. The summed E-state index contributed by atoms with van der Waals surface area (Å²) in [7, 11) is 0. The number of aromatic nitrogens is 2. The van der Waals surface area contributed by atoms with Gasteiger partial charge in [0.05, 0.1) is 0 Å². The van der Waals surface area contributed by atoms with E-state index in [4.69, 9.17) is 4.98 Å². The second-order valence-electron chi connectivity index (χ2n) is 6.97. The Bertz CT molecular complexity index is 1360. The van der Waals surface area contributed by atoms with Crippen LogP contribution in [-0.4, -0.2) is 15.2 Å². The van der Waals surface area contributed by atoms with Crippen molar-refractivity contribution in [2.24, 2.45) is 0 Å². The lowest BCUT2D eigenvalue weighted by molar-refractivity contribution is 0.103. The maximum atomic E-state index is 13.5. The first kappa shape index (κ1) is 19.1. The van der Waals surface area contributed by atoms with E-state index >= 15 is 0 Å². The number of fused-ring (bicyclic) bond motifs is 3. The first-order valence-electron chi connectivity index (χ1n) is 9.57. The Morgan fingerprint density at radius 1 is 0.900 bits per heavy atom. The minimum atomic E-state index is -0.0270. The Balaban J connectivity index is 1.66. The molecule has 0 aliphatic heterocycles. The predicted octanol–water partition coefficient (Wildman–Crippen LogP) is 6.77. The van der Waals surface area contributed by atoms with Crippen molar-refractivity contribution in [1.82, 2.24) is 9.38 Å². The van der Waals surface area contributed by atoms with E-state index < -0.39 is 0 Å². The zero-order valence-corrected chi connectivity index (χ0v) is 18.4. The van der Waals surface area contributed by atoms with Gasteiger partial charge in [-0.25, -0.2) is 4.98 Å². The number of benzene rings is 3. The fourth-order valence-electron chi connectivity index (χ4n) is 3.52. The highest BCUT2D eigenvalue weighted by Crippen LogP contribution is 2.31. The standard InChI is InChI=1S/C25H17BrN2OS/c26-20-12-10-19(11-13-20)23(29)22-25(30-16-17-6-2-1-3-7-17)27-24-21-9-5-4-8-18(21)14-15-28(22)24/h1-15H,16H2. The van der Waals surface area contributed by atoms with Crippen LogP contribution < -0.4 is 0 Å². The van der Waals surface area contributed by atoms with Crippen molar-refractivity contribution in [3.05, 3.63) is 112 Å². The van der Waals surface area contributed by atoms with Crippen LogP contribution >= 0.6 is 27.7 Å². The van der Waals surface area contributed by atoms with E-state index in [-0.39, 0.29) is 5.78 Å². The van der Waals surface area contributed by atoms with Gasteiger partial charge < -0.3 is 0 Å². The average Bonchev–Trinajstić information content (AvgIpc) is 3.17. The van der Waals surface area contributed by atoms with Crippen LogP contribution in [0.15, 0.2) is 101 Å². The first-order valence-corrected chi connectivity index (χ1v) is 11.4. The Labute approximate surface area is 186 Å². The highest BCUT2D eigenvalue weighted by molar-refractivity contribution is 9.10. The Morgan fingerprint density at radius 3 is 2.43 bits per heavy atom. The van der Waals surface area contributed by atoms with Crippen LogP contribution in [0.2, 0.25) is 0 Å². The Kier molecular flexibility index (Phi) is 5.15. The maximum Gasteiger partial charge on any atom is 0.212 e. The average molecular weight is 473 g/mol. The van der Waals surface area contributed by atoms with Crippen molar-refractivity contribution in [2.75, 3.05) is 0 Å². The summed E-state index contributed by atoms with van der Waals surface area (Å²) in [6.07, 6.45) is 1.95. The highest BCUT2D eigenvalue weighted by atomic mass is 79.9. The molecule has 5 aromatic rings. The molecule has 30 heavy (non-hydrogen) atoms. The molecule has 2 aromatic heterocycles. The molecule has 0 unspecified atom stereocenters. The van der Waals surface area contributed by atoms with Gasteiger partial charge in [0, 0.05) is 27.4 Å². The number of thioether (sulfide) groups is 1. The normalized spacial score (nSPS) is 11.2. The number of halogens is 1. The predicted molar refractivity (Wildman–Crippen MR) is 126 cm³/mol. The number of ketones is 1. The number of rotatable bonds is 5. The summed E-state index contributed by atoms with van der Waals surface area (Å²) < 4.78 is 2.88. The fraction of sp³-hybridized carbons (Fsp3) is 0.0400. The molecule has 0 saturated heterocycles. The van der Waals surface area contributed by atoms with Crippen LogP contribution in [0, 0.1) is 0 Å². The van der Waals surface area contributed by atoms with Gasteiger partial charge in [-0.15, -0.1) is 0 Å². The van der Waals surface area contributed by atoms with E-state index in [2.05, 4.69) is 40.2 Å². The van der Waals surface area contributed by atoms with Crippen LogP contribution in [-0.2, 0) is 5.75 Å². The molecular weight excluding hydrogens is 456 g/mol. The quantitative estimate of drug-likeness (QED) is 0.209. The van der Waals surface area contributed by atoms with Crippen molar-refractivity contribution in [3.63, 3.8) is 0 Å². The lowest BCUT2D eigenvalue weighted by Gasteiger charge is -2.06. The van der Waals surface area contributed by atoms with Crippen LogP contribution in [0.5, 0.6) is 0 Å². The van der Waals surface area contributed by atoms with Crippen LogP contribution in [0.25, 0.3) is 16.4 Å². The molecule has 0 fully saturated rings. The molecule has 3 nitrogen and oxygen atoms in total. The van der Waals surface area contributed by atoms with Gasteiger partial charge in [0.2, 0.25) is 5.78 Å². The highest BCUT2D eigenvalue weighted by Gasteiger charge is 2.22. The van der Waals surface area contributed by atoms with Crippen LogP contribution in [0.3, 0.4) is 0 Å². The van der Waals surface area contributed by atoms with Crippen LogP contribution in [0.4, 0.5) is 0 Å². The molecular formula is C25H17BrN2OS. The molecule has 0 spiro atoms. The smallest absolute Gasteiger partial charge is 0.212 e. The van der Waals surface area contributed by atoms with E-state index in [0.29, 0.717) is 11.3 Å². The summed E-state index contributed by atoms with van der Waals surface area (Å²) in [5, 5.41) is 2.90. The third-order valence-electron chi connectivity index (χ3n) is 5.02. The summed E-state index contributed by atoms with van der Waals surface area (Å²) in [6.45, 7) is 0. The zero-order chi connectivity index (χ0) is 20.5. The van der Waals surface area contributed by atoms with E-state index in [1.165, 1.54) is 5.56 Å². The molecule has 2 heterocycles. The molecule has 5 heteroatoms. The molecule has 0 saturated carbocycles. The first-order chi connectivity index (χ1) is 14.7. The molecule has 0 N–H and O–H groups in total. The molecule has 3 aromatic carbocycles. The monoisotopic (exact) mass is 472 g/mol. The number of nitrogens with zero attached hydrogens (tertiary/aromatic N) is 2. The Morgan fingerprint density at radius 2 is 1.63 bits per heavy atom. The number of pyridine rings is 1. The number of hydrogen-bond donors (Lipinski definition) is 0. The lowest BCUT2D eigenvalue weighted by atomic mass is 10.1. The maximum absolute atomic E-state index is 13.5. The van der Waals surface area contributed by atoms with Crippen molar-refractivity contribution in [3.8, 4) is 0 Å². The summed E-state index contributed by atoms with van der Waals surface area (Å²) in [6, 6.07) is 27.9. The van der Waals surface area contributed by atoms with E-state index in [0.717, 1.165) is 31.7 Å². The second kappa shape index (κ2) is 8.09. The van der Waals surface area contributed by atoms with Gasteiger partial charge in [0.15, 0.2) is 0 Å². The topological polar surface area (TPSA) is 34.4 Å². The number of hydrogen-bond acceptors (Lipinski definition) is 3. The van der Waals surface area contributed by atoms with Crippen molar-refractivity contribution in [1.29, 1.82) is 0 Å². The van der Waals surface area contributed by atoms with Gasteiger partial charge in [-0.3, -0.25) is 9.20 Å². The molecule has 5 rings (SSSR count). The second-order valence-corrected chi connectivity index (χ2v) is 8.85. The summed E-state index contributed by atoms with van der Waals surface area (Å²) in [4.78, 5) is 18.4. The van der Waals surface area contributed by atoms with Gasteiger partial charge in [-0.05, 0) is 41.3 Å².